The van der Waals surface area contributed by atoms with E-state index in [0.29, 0.717) is 30.0 Å². The van der Waals surface area contributed by atoms with E-state index in [2.05, 4.69) is 0 Å². The van der Waals surface area contributed by atoms with Gasteiger partial charge in [-0.1, -0.05) is 36.6 Å². The van der Waals surface area contributed by atoms with Crippen molar-refractivity contribution in [2.45, 2.75) is 45.4 Å². The highest BCUT2D eigenvalue weighted by molar-refractivity contribution is 6.33. The summed E-state index contributed by atoms with van der Waals surface area (Å²) in [5, 5.41) is 0.514. The molecular formula is C16H21ClO3. The number of carbonyl (C=O) groups is 2. The van der Waals surface area contributed by atoms with Crippen molar-refractivity contribution in [3.63, 3.8) is 0 Å². The highest BCUT2D eigenvalue weighted by Gasteiger charge is 2.09. The molecule has 110 valence electrons. The van der Waals surface area contributed by atoms with Crippen LogP contribution in [0.25, 0.3) is 0 Å². The van der Waals surface area contributed by atoms with E-state index in [-0.39, 0.29) is 11.8 Å². The first-order valence-electron chi connectivity index (χ1n) is 7.08. The molecule has 0 aromatic heterocycles. The number of esters is 1. The molecule has 20 heavy (non-hydrogen) atoms. The Morgan fingerprint density at radius 3 is 2.35 bits per heavy atom. The number of hydrogen-bond donors (Lipinski definition) is 0. The van der Waals surface area contributed by atoms with Crippen LogP contribution in [-0.2, 0) is 9.53 Å². The van der Waals surface area contributed by atoms with E-state index < -0.39 is 0 Å². The number of carbonyl (C=O) groups excluding carboxylic acids is 2. The van der Waals surface area contributed by atoms with Crippen LogP contribution in [0.15, 0.2) is 24.3 Å². The van der Waals surface area contributed by atoms with Gasteiger partial charge in [0.1, 0.15) is 0 Å². The topological polar surface area (TPSA) is 43.4 Å². The number of ether oxygens (including phenoxy) is 1. The van der Waals surface area contributed by atoms with E-state index in [1.54, 1.807) is 19.1 Å². The number of rotatable bonds is 9. The summed E-state index contributed by atoms with van der Waals surface area (Å²) in [5.41, 5.74) is 0.598. The highest BCUT2D eigenvalue weighted by Crippen LogP contribution is 2.18. The molecule has 0 saturated carbocycles. The van der Waals surface area contributed by atoms with Crippen LogP contribution >= 0.6 is 11.6 Å². The van der Waals surface area contributed by atoms with Crippen molar-refractivity contribution in [1.29, 1.82) is 0 Å². The lowest BCUT2D eigenvalue weighted by Gasteiger charge is -2.04. The van der Waals surface area contributed by atoms with E-state index >= 15 is 0 Å². The van der Waals surface area contributed by atoms with Crippen LogP contribution in [0.3, 0.4) is 0 Å². The van der Waals surface area contributed by atoms with Crippen LogP contribution in [0.1, 0.15) is 55.8 Å². The highest BCUT2D eigenvalue weighted by atomic mass is 35.5. The molecule has 0 fully saturated rings. The molecule has 0 unspecified atom stereocenters. The fraction of sp³-hybridized carbons (Fsp3) is 0.500. The van der Waals surface area contributed by atoms with E-state index in [4.69, 9.17) is 16.3 Å². The molecule has 0 amide bonds. The minimum absolute atomic E-state index is 0.0843. The number of halogens is 1. The summed E-state index contributed by atoms with van der Waals surface area (Å²) in [4.78, 5) is 23.0. The first-order chi connectivity index (χ1) is 9.65. The maximum absolute atomic E-state index is 11.9. The maximum Gasteiger partial charge on any atom is 0.305 e. The minimum Gasteiger partial charge on any atom is -0.466 e. The molecule has 0 N–H and O–H groups in total. The van der Waals surface area contributed by atoms with Gasteiger partial charge in [0.25, 0.3) is 0 Å². The molecule has 3 nitrogen and oxygen atoms in total. The molecule has 0 aliphatic heterocycles. The molecule has 1 aromatic carbocycles. The lowest BCUT2D eigenvalue weighted by atomic mass is 10.0. The zero-order valence-corrected chi connectivity index (χ0v) is 12.6. The fourth-order valence-electron chi connectivity index (χ4n) is 1.96. The van der Waals surface area contributed by atoms with E-state index in [1.165, 1.54) is 0 Å². The largest absolute Gasteiger partial charge is 0.466 e. The average Bonchev–Trinajstić information content (AvgIpc) is 2.43. The molecule has 0 spiro atoms. The summed E-state index contributed by atoms with van der Waals surface area (Å²) < 4.78 is 4.85. The molecular weight excluding hydrogens is 276 g/mol. The second-order valence-electron chi connectivity index (χ2n) is 4.62. The quantitative estimate of drug-likeness (QED) is 0.385. The van der Waals surface area contributed by atoms with Gasteiger partial charge >= 0.3 is 5.97 Å². The molecule has 0 saturated heterocycles. The van der Waals surface area contributed by atoms with Crippen molar-refractivity contribution in [3.8, 4) is 0 Å². The van der Waals surface area contributed by atoms with Crippen LogP contribution < -0.4 is 0 Å². The number of Topliss-reactive ketones (excluding diaryl/α,β-unsaturated/α-hetero) is 1. The Kier molecular flexibility index (Phi) is 7.97. The normalized spacial score (nSPS) is 10.3. The molecule has 0 atom stereocenters. The van der Waals surface area contributed by atoms with Crippen LogP contribution in [-0.4, -0.2) is 18.4 Å². The maximum atomic E-state index is 11.9. The summed E-state index contributed by atoms with van der Waals surface area (Å²) in [7, 11) is 0. The van der Waals surface area contributed by atoms with Gasteiger partial charge in [0.15, 0.2) is 5.78 Å². The Morgan fingerprint density at radius 1 is 1.05 bits per heavy atom. The summed E-state index contributed by atoms with van der Waals surface area (Å²) >= 11 is 5.97. The first-order valence-corrected chi connectivity index (χ1v) is 7.46. The predicted molar refractivity (Wildman–Crippen MR) is 80.1 cm³/mol. The van der Waals surface area contributed by atoms with Crippen LogP contribution in [0, 0.1) is 0 Å². The Hall–Kier alpha value is -1.35. The molecule has 4 heteroatoms. The van der Waals surface area contributed by atoms with Crippen molar-refractivity contribution in [3.05, 3.63) is 34.9 Å². The summed E-state index contributed by atoms with van der Waals surface area (Å²) in [6.07, 6.45) is 4.49. The van der Waals surface area contributed by atoms with Gasteiger partial charge < -0.3 is 4.74 Å². The molecule has 0 heterocycles. The Morgan fingerprint density at radius 2 is 1.70 bits per heavy atom. The number of unbranched alkanes of at least 4 members (excludes halogenated alkanes) is 3. The Balaban J connectivity index is 2.14. The van der Waals surface area contributed by atoms with Gasteiger partial charge in [-0.2, -0.15) is 0 Å². The SMILES string of the molecule is CCOC(=O)CCCCCCC(=O)c1ccccc1Cl. The van der Waals surface area contributed by atoms with Gasteiger partial charge in [-0.3, -0.25) is 9.59 Å². The van der Waals surface area contributed by atoms with Gasteiger partial charge in [-0.25, -0.2) is 0 Å². The lowest BCUT2D eigenvalue weighted by molar-refractivity contribution is -0.143. The van der Waals surface area contributed by atoms with E-state index in [9.17, 15) is 9.59 Å². The van der Waals surface area contributed by atoms with Crippen LogP contribution in [0.4, 0.5) is 0 Å². The molecule has 0 bridgehead atoms. The third kappa shape index (κ3) is 6.20. The smallest absolute Gasteiger partial charge is 0.305 e. The van der Waals surface area contributed by atoms with Gasteiger partial charge in [-0.15, -0.1) is 0 Å². The Labute approximate surface area is 125 Å². The average molecular weight is 297 g/mol. The molecule has 0 aliphatic rings. The summed E-state index contributed by atoms with van der Waals surface area (Å²) in [6.45, 7) is 2.24. The second-order valence-corrected chi connectivity index (χ2v) is 5.03. The number of ketones is 1. The zero-order valence-electron chi connectivity index (χ0n) is 11.9. The monoisotopic (exact) mass is 296 g/mol. The van der Waals surface area contributed by atoms with Crippen molar-refractivity contribution in [2.75, 3.05) is 6.61 Å². The van der Waals surface area contributed by atoms with Gasteiger partial charge in [0.2, 0.25) is 0 Å². The van der Waals surface area contributed by atoms with Crippen molar-refractivity contribution >= 4 is 23.4 Å². The standard InChI is InChI=1S/C16H21ClO3/c1-2-20-16(19)12-6-4-3-5-11-15(18)13-9-7-8-10-14(13)17/h7-10H,2-6,11-12H2,1H3. The molecule has 1 aromatic rings. The first kappa shape index (κ1) is 16.7. The van der Waals surface area contributed by atoms with Crippen LogP contribution in [0.2, 0.25) is 5.02 Å². The number of hydrogen-bond acceptors (Lipinski definition) is 3. The van der Waals surface area contributed by atoms with E-state index in [1.807, 2.05) is 12.1 Å². The summed E-state index contributed by atoms with van der Waals surface area (Å²) in [6, 6.07) is 7.12. The Bertz CT molecular complexity index is 443. The van der Waals surface area contributed by atoms with Crippen molar-refractivity contribution in [1.82, 2.24) is 0 Å². The second kappa shape index (κ2) is 9.54. The van der Waals surface area contributed by atoms with E-state index in [0.717, 1.165) is 25.7 Å². The predicted octanol–water partition coefficient (Wildman–Crippen LogP) is 4.43. The third-order valence-corrected chi connectivity index (χ3v) is 3.34. The third-order valence-electron chi connectivity index (χ3n) is 3.01. The van der Waals surface area contributed by atoms with Crippen molar-refractivity contribution in [2.24, 2.45) is 0 Å². The zero-order chi connectivity index (χ0) is 14.8. The summed E-state index contributed by atoms with van der Waals surface area (Å²) in [5.74, 6) is -0.0550. The van der Waals surface area contributed by atoms with Gasteiger partial charge in [-0.05, 0) is 31.9 Å². The minimum atomic E-state index is -0.139. The van der Waals surface area contributed by atoms with Crippen molar-refractivity contribution < 1.29 is 14.3 Å². The van der Waals surface area contributed by atoms with Gasteiger partial charge in [0.05, 0.1) is 11.6 Å². The lowest BCUT2D eigenvalue weighted by Crippen LogP contribution is -2.03. The number of benzene rings is 1. The fourth-order valence-corrected chi connectivity index (χ4v) is 2.20. The molecule has 1 rings (SSSR count). The van der Waals surface area contributed by atoms with Crippen LogP contribution in [0.5, 0.6) is 0 Å². The molecule has 0 aliphatic carbocycles. The van der Waals surface area contributed by atoms with Gasteiger partial charge in [0, 0.05) is 18.4 Å². The molecule has 0 radical (unpaired) electrons.